The van der Waals surface area contributed by atoms with E-state index in [1.807, 2.05) is 11.6 Å². The van der Waals surface area contributed by atoms with Crippen LogP contribution in [0.25, 0.3) is 0 Å². The first-order chi connectivity index (χ1) is 8.15. The molecule has 1 aliphatic rings. The molecule has 2 rings (SSSR count). The summed E-state index contributed by atoms with van der Waals surface area (Å²) in [4.78, 5) is 12.8. The van der Waals surface area contributed by atoms with Crippen LogP contribution in [0, 0.1) is 5.92 Å². The monoisotopic (exact) mass is 238 g/mol. The van der Waals surface area contributed by atoms with Crippen LogP contribution in [-0.4, -0.2) is 43.8 Å². The molecule has 1 N–H and O–H groups in total. The van der Waals surface area contributed by atoms with Gasteiger partial charge in [0.05, 0.1) is 6.54 Å². The van der Waals surface area contributed by atoms with E-state index in [1.54, 1.807) is 6.33 Å². The van der Waals surface area contributed by atoms with Gasteiger partial charge in [0.25, 0.3) is 0 Å². The first-order valence-electron chi connectivity index (χ1n) is 5.92. The number of likely N-dealkylation sites (tertiary alicyclic amines) is 1. The molecule has 1 aliphatic heterocycles. The number of aryl methyl sites for hydroxylation is 1. The van der Waals surface area contributed by atoms with Gasteiger partial charge >= 0.3 is 5.97 Å². The molecule has 2 heterocycles. The Balaban J connectivity index is 1.78. The number of rotatable bonds is 5. The Morgan fingerprint density at radius 1 is 1.65 bits per heavy atom. The Morgan fingerprint density at radius 3 is 3.12 bits per heavy atom. The normalized spacial score (nSPS) is 20.9. The molecule has 0 saturated carbocycles. The fourth-order valence-electron chi connectivity index (χ4n) is 2.27. The van der Waals surface area contributed by atoms with Gasteiger partial charge in [-0.25, -0.2) is 0 Å². The maximum absolute atomic E-state index is 10.5. The Hall–Kier alpha value is -1.43. The second-order valence-corrected chi connectivity index (χ2v) is 4.68. The van der Waals surface area contributed by atoms with Gasteiger partial charge in [-0.3, -0.25) is 9.69 Å². The van der Waals surface area contributed by atoms with E-state index in [-0.39, 0.29) is 6.42 Å². The number of carbonyl (C=O) groups is 1. The van der Waals surface area contributed by atoms with Crippen molar-refractivity contribution in [2.45, 2.75) is 25.8 Å². The number of hydrogen-bond acceptors (Lipinski definition) is 4. The predicted molar refractivity (Wildman–Crippen MR) is 61.3 cm³/mol. The van der Waals surface area contributed by atoms with E-state index in [2.05, 4.69) is 15.1 Å². The van der Waals surface area contributed by atoms with Crippen LogP contribution in [0.4, 0.5) is 0 Å². The molecule has 1 aromatic heterocycles. The Kier molecular flexibility index (Phi) is 3.73. The van der Waals surface area contributed by atoms with Crippen LogP contribution in [0.15, 0.2) is 6.33 Å². The van der Waals surface area contributed by atoms with Crippen LogP contribution in [0.5, 0.6) is 0 Å². The Morgan fingerprint density at radius 2 is 2.47 bits per heavy atom. The van der Waals surface area contributed by atoms with E-state index in [9.17, 15) is 4.79 Å². The molecule has 6 nitrogen and oxygen atoms in total. The van der Waals surface area contributed by atoms with Crippen LogP contribution >= 0.6 is 0 Å². The smallest absolute Gasteiger partial charge is 0.303 e. The largest absolute Gasteiger partial charge is 0.481 e. The summed E-state index contributed by atoms with van der Waals surface area (Å²) in [6.45, 7) is 2.80. The third kappa shape index (κ3) is 3.26. The summed E-state index contributed by atoms with van der Waals surface area (Å²) in [5, 5.41) is 16.6. The van der Waals surface area contributed by atoms with Crippen molar-refractivity contribution in [2.75, 3.05) is 13.1 Å². The fraction of sp³-hybridized carbons (Fsp3) is 0.727. The molecule has 0 spiro atoms. The zero-order chi connectivity index (χ0) is 12.3. The van der Waals surface area contributed by atoms with E-state index in [4.69, 9.17) is 5.11 Å². The third-order valence-corrected chi connectivity index (χ3v) is 3.31. The molecule has 1 saturated heterocycles. The molecule has 0 radical (unpaired) electrons. The lowest BCUT2D eigenvalue weighted by Gasteiger charge is -2.14. The van der Waals surface area contributed by atoms with Gasteiger partial charge in [0, 0.05) is 20.0 Å². The number of carboxylic acids is 1. The molecule has 0 bridgehead atoms. The van der Waals surface area contributed by atoms with Crippen molar-refractivity contribution in [3.05, 3.63) is 12.2 Å². The third-order valence-electron chi connectivity index (χ3n) is 3.31. The number of nitrogens with zero attached hydrogens (tertiary/aromatic N) is 4. The molecule has 94 valence electrons. The molecular formula is C11H18N4O2. The minimum Gasteiger partial charge on any atom is -0.481 e. The van der Waals surface area contributed by atoms with Crippen molar-refractivity contribution >= 4 is 5.97 Å². The molecule has 1 fully saturated rings. The second-order valence-electron chi connectivity index (χ2n) is 4.68. The highest BCUT2D eigenvalue weighted by atomic mass is 16.4. The summed E-state index contributed by atoms with van der Waals surface area (Å²) in [6.07, 6.45) is 3.85. The summed E-state index contributed by atoms with van der Waals surface area (Å²) in [5.74, 6) is 0.778. The van der Waals surface area contributed by atoms with Gasteiger partial charge in [0.15, 0.2) is 0 Å². The quantitative estimate of drug-likeness (QED) is 0.809. The lowest BCUT2D eigenvalue weighted by atomic mass is 10.0. The predicted octanol–water partition coefficient (Wildman–Crippen LogP) is 0.502. The highest BCUT2D eigenvalue weighted by Gasteiger charge is 2.23. The van der Waals surface area contributed by atoms with E-state index in [1.165, 1.54) is 0 Å². The van der Waals surface area contributed by atoms with Gasteiger partial charge in [0.1, 0.15) is 12.2 Å². The second kappa shape index (κ2) is 5.27. The Bertz CT molecular complexity index is 391. The van der Waals surface area contributed by atoms with Crippen LogP contribution in [0.3, 0.4) is 0 Å². The summed E-state index contributed by atoms with van der Waals surface area (Å²) < 4.78 is 1.92. The van der Waals surface area contributed by atoms with Crippen LogP contribution in [0.1, 0.15) is 25.1 Å². The van der Waals surface area contributed by atoms with Gasteiger partial charge in [0.2, 0.25) is 0 Å². The highest BCUT2D eigenvalue weighted by Crippen LogP contribution is 2.22. The van der Waals surface area contributed by atoms with Crippen molar-refractivity contribution in [2.24, 2.45) is 13.0 Å². The number of aromatic nitrogens is 3. The van der Waals surface area contributed by atoms with Gasteiger partial charge in [-0.05, 0) is 25.3 Å². The average molecular weight is 238 g/mol. The molecule has 0 amide bonds. The van der Waals surface area contributed by atoms with E-state index in [0.29, 0.717) is 5.92 Å². The van der Waals surface area contributed by atoms with Gasteiger partial charge in [-0.2, -0.15) is 0 Å². The first-order valence-corrected chi connectivity index (χ1v) is 5.92. The lowest BCUT2D eigenvalue weighted by Crippen LogP contribution is -2.22. The molecule has 0 aromatic carbocycles. The minimum absolute atomic E-state index is 0.280. The Labute approximate surface area is 100 Å². The van der Waals surface area contributed by atoms with Crippen molar-refractivity contribution in [3.8, 4) is 0 Å². The molecular weight excluding hydrogens is 220 g/mol. The van der Waals surface area contributed by atoms with Gasteiger partial charge in [-0.15, -0.1) is 10.2 Å². The zero-order valence-electron chi connectivity index (χ0n) is 10.0. The molecule has 1 unspecified atom stereocenters. The maximum atomic E-state index is 10.5. The van der Waals surface area contributed by atoms with Crippen LogP contribution in [-0.2, 0) is 18.4 Å². The minimum atomic E-state index is -0.697. The van der Waals surface area contributed by atoms with Crippen LogP contribution in [0.2, 0.25) is 0 Å². The topological polar surface area (TPSA) is 71.2 Å². The fourth-order valence-corrected chi connectivity index (χ4v) is 2.27. The van der Waals surface area contributed by atoms with Gasteiger partial charge in [-0.1, -0.05) is 0 Å². The van der Waals surface area contributed by atoms with Crippen LogP contribution < -0.4 is 0 Å². The SMILES string of the molecule is Cn1cnnc1CN1CCC(CCC(=O)O)C1. The standard InChI is InChI=1S/C11H18N4O2/c1-14-8-12-13-10(14)7-15-5-4-9(6-15)2-3-11(16)17/h8-9H,2-7H2,1H3,(H,16,17). The van der Waals surface area contributed by atoms with E-state index in [0.717, 1.165) is 38.3 Å². The highest BCUT2D eigenvalue weighted by molar-refractivity contribution is 5.66. The molecule has 6 heteroatoms. The lowest BCUT2D eigenvalue weighted by molar-refractivity contribution is -0.137. The van der Waals surface area contributed by atoms with Crippen molar-refractivity contribution in [3.63, 3.8) is 0 Å². The van der Waals surface area contributed by atoms with Crippen molar-refractivity contribution in [1.82, 2.24) is 19.7 Å². The van der Waals surface area contributed by atoms with Crippen molar-refractivity contribution in [1.29, 1.82) is 0 Å². The number of hydrogen-bond donors (Lipinski definition) is 1. The summed E-state index contributed by atoms with van der Waals surface area (Å²) in [6, 6.07) is 0. The number of aliphatic carboxylic acids is 1. The maximum Gasteiger partial charge on any atom is 0.303 e. The molecule has 1 aromatic rings. The van der Waals surface area contributed by atoms with E-state index >= 15 is 0 Å². The van der Waals surface area contributed by atoms with E-state index < -0.39 is 5.97 Å². The van der Waals surface area contributed by atoms with Gasteiger partial charge < -0.3 is 9.67 Å². The molecule has 1 atom stereocenters. The number of carboxylic acid groups (broad SMARTS) is 1. The van der Waals surface area contributed by atoms with Crippen molar-refractivity contribution < 1.29 is 9.90 Å². The first kappa shape index (κ1) is 12.0. The molecule has 17 heavy (non-hydrogen) atoms. The average Bonchev–Trinajstić information content (AvgIpc) is 2.87. The summed E-state index contributed by atoms with van der Waals surface area (Å²) >= 11 is 0. The summed E-state index contributed by atoms with van der Waals surface area (Å²) in [5.41, 5.74) is 0. The molecule has 0 aliphatic carbocycles. The zero-order valence-corrected chi connectivity index (χ0v) is 10.0. The summed E-state index contributed by atoms with van der Waals surface area (Å²) in [7, 11) is 1.94.